The lowest BCUT2D eigenvalue weighted by atomic mass is 9.82. The van der Waals surface area contributed by atoms with Crippen LogP contribution in [0.25, 0.3) is 0 Å². The first-order valence-electron chi connectivity index (χ1n) is 10.7. The first kappa shape index (κ1) is 19.0. The number of fused-ring (bicyclic) bond motifs is 3. The highest BCUT2D eigenvalue weighted by Gasteiger charge is 2.48. The van der Waals surface area contributed by atoms with E-state index in [1.165, 1.54) is 0 Å². The number of aliphatic hydroxyl groups is 1. The van der Waals surface area contributed by atoms with Crippen LogP contribution in [0.4, 0.5) is 5.69 Å². The molecule has 0 spiro atoms. The Bertz CT molecular complexity index is 1020. The zero-order valence-electron chi connectivity index (χ0n) is 17.1. The Hall–Kier alpha value is -2.97. The average Bonchev–Trinajstić information content (AvgIpc) is 3.55. The topological polar surface area (TPSA) is 61.8 Å². The van der Waals surface area contributed by atoms with Crippen molar-refractivity contribution in [1.82, 2.24) is 4.90 Å². The third-order valence-electron chi connectivity index (χ3n) is 6.52. The Morgan fingerprint density at radius 2 is 1.87 bits per heavy atom. The molecule has 2 aliphatic heterocycles. The molecule has 5 heteroatoms. The maximum absolute atomic E-state index is 12.9. The molecule has 2 heterocycles. The van der Waals surface area contributed by atoms with Crippen LogP contribution < -0.4 is 10.1 Å². The van der Waals surface area contributed by atoms with Crippen molar-refractivity contribution in [2.75, 3.05) is 25.6 Å². The van der Waals surface area contributed by atoms with Gasteiger partial charge in [0, 0.05) is 35.2 Å². The number of carbonyl (C=O) groups excluding carboxylic acids is 1. The second-order valence-electron chi connectivity index (χ2n) is 8.42. The molecule has 0 aromatic heterocycles. The fourth-order valence-electron chi connectivity index (χ4n) is 4.77. The minimum absolute atomic E-state index is 0.0178. The van der Waals surface area contributed by atoms with E-state index in [9.17, 15) is 9.90 Å². The van der Waals surface area contributed by atoms with E-state index in [0.717, 1.165) is 53.9 Å². The van der Waals surface area contributed by atoms with Gasteiger partial charge in [0.15, 0.2) is 0 Å². The van der Waals surface area contributed by atoms with Gasteiger partial charge in [0.05, 0.1) is 25.8 Å². The molecule has 1 amide bonds. The van der Waals surface area contributed by atoms with Crippen molar-refractivity contribution in [3.8, 4) is 17.6 Å². The number of hydrogen-bond acceptors (Lipinski definition) is 4. The standard InChI is InChI=1S/C25H26N2O3/c1-30-19-9-4-16(5-10-19)2-3-17-6-11-22-21(14-17)24-20(23(15-28)26-22)12-13-27(24)25(29)18-7-8-18/h4-6,9-11,14,18,20,23-24,26,28H,7-8,12-13,15H2,1H3/t20-,23-,24-/m0/s1. The average molecular weight is 402 g/mol. The van der Waals surface area contributed by atoms with Crippen molar-refractivity contribution in [3.63, 3.8) is 0 Å². The van der Waals surface area contributed by atoms with Gasteiger partial charge in [0.2, 0.25) is 5.91 Å². The zero-order valence-corrected chi connectivity index (χ0v) is 17.1. The van der Waals surface area contributed by atoms with Gasteiger partial charge < -0.3 is 20.1 Å². The van der Waals surface area contributed by atoms with Crippen molar-refractivity contribution >= 4 is 11.6 Å². The van der Waals surface area contributed by atoms with Gasteiger partial charge in [-0.1, -0.05) is 11.8 Å². The molecule has 3 atom stereocenters. The highest BCUT2D eigenvalue weighted by Crippen LogP contribution is 2.48. The summed E-state index contributed by atoms with van der Waals surface area (Å²) in [6, 6.07) is 13.8. The number of nitrogens with zero attached hydrogens (tertiary/aromatic N) is 1. The molecule has 2 aromatic carbocycles. The van der Waals surface area contributed by atoms with Gasteiger partial charge >= 0.3 is 0 Å². The van der Waals surface area contributed by atoms with Gasteiger partial charge in [-0.15, -0.1) is 0 Å². The van der Waals surface area contributed by atoms with E-state index >= 15 is 0 Å². The SMILES string of the molecule is COc1ccc(C#Cc2ccc3c(c2)[C@@H]2[C@@H](CCN2C(=O)C2CC2)[C@H](CO)N3)cc1. The van der Waals surface area contributed by atoms with Crippen LogP contribution in [-0.4, -0.2) is 42.2 Å². The van der Waals surface area contributed by atoms with Crippen molar-refractivity contribution < 1.29 is 14.6 Å². The van der Waals surface area contributed by atoms with E-state index in [1.54, 1.807) is 7.11 Å². The molecular formula is C25H26N2O3. The predicted octanol–water partition coefficient (Wildman–Crippen LogP) is 3.18. The smallest absolute Gasteiger partial charge is 0.226 e. The molecule has 0 radical (unpaired) electrons. The van der Waals surface area contributed by atoms with Crippen LogP contribution in [0.1, 0.15) is 42.0 Å². The Morgan fingerprint density at radius 3 is 2.57 bits per heavy atom. The Morgan fingerprint density at radius 1 is 1.13 bits per heavy atom. The number of rotatable bonds is 3. The number of aliphatic hydroxyl groups excluding tert-OH is 1. The Kier molecular flexibility index (Phi) is 4.88. The molecule has 2 N–H and O–H groups in total. The minimum Gasteiger partial charge on any atom is -0.497 e. The largest absolute Gasteiger partial charge is 0.497 e. The summed E-state index contributed by atoms with van der Waals surface area (Å²) < 4.78 is 5.20. The molecule has 1 saturated heterocycles. The summed E-state index contributed by atoms with van der Waals surface area (Å²) in [7, 11) is 1.65. The predicted molar refractivity (Wildman–Crippen MR) is 115 cm³/mol. The monoisotopic (exact) mass is 402 g/mol. The summed E-state index contributed by atoms with van der Waals surface area (Å²) >= 11 is 0. The van der Waals surface area contributed by atoms with Gasteiger partial charge in [-0.2, -0.15) is 0 Å². The summed E-state index contributed by atoms with van der Waals surface area (Å²) in [4.78, 5) is 15.0. The van der Waals surface area contributed by atoms with Gasteiger partial charge in [0.25, 0.3) is 0 Å². The first-order chi connectivity index (χ1) is 14.7. The maximum atomic E-state index is 12.9. The van der Waals surface area contributed by atoms with Crippen molar-refractivity contribution in [2.24, 2.45) is 11.8 Å². The van der Waals surface area contributed by atoms with E-state index in [-0.39, 0.29) is 36.4 Å². The van der Waals surface area contributed by atoms with E-state index in [4.69, 9.17) is 4.74 Å². The van der Waals surface area contributed by atoms with Crippen LogP contribution in [0.5, 0.6) is 5.75 Å². The number of likely N-dealkylation sites (tertiary alicyclic amines) is 1. The number of anilines is 1. The van der Waals surface area contributed by atoms with Crippen LogP contribution in [0.15, 0.2) is 42.5 Å². The van der Waals surface area contributed by atoms with E-state index < -0.39 is 0 Å². The number of amides is 1. The van der Waals surface area contributed by atoms with Crippen LogP contribution >= 0.6 is 0 Å². The summed E-state index contributed by atoms with van der Waals surface area (Å²) in [6.07, 6.45) is 2.94. The molecule has 154 valence electrons. The van der Waals surface area contributed by atoms with Crippen molar-refractivity contribution in [1.29, 1.82) is 0 Å². The van der Waals surface area contributed by atoms with Crippen molar-refractivity contribution in [3.05, 3.63) is 59.2 Å². The molecule has 0 bridgehead atoms. The van der Waals surface area contributed by atoms with Crippen LogP contribution in [0.3, 0.4) is 0 Å². The third-order valence-corrected chi connectivity index (χ3v) is 6.52. The Labute approximate surface area is 177 Å². The fourth-order valence-corrected chi connectivity index (χ4v) is 4.77. The van der Waals surface area contributed by atoms with Crippen LogP contribution in [0, 0.1) is 23.7 Å². The lowest BCUT2D eigenvalue weighted by Crippen LogP contribution is -2.43. The number of methoxy groups -OCH3 is 1. The first-order valence-corrected chi connectivity index (χ1v) is 10.7. The number of carbonyl (C=O) groups is 1. The van der Waals surface area contributed by atoms with Crippen LogP contribution in [0.2, 0.25) is 0 Å². The Balaban J connectivity index is 1.47. The molecule has 5 nitrogen and oxygen atoms in total. The lowest BCUT2D eigenvalue weighted by molar-refractivity contribution is -0.134. The molecule has 2 fully saturated rings. The van der Waals surface area contributed by atoms with Crippen molar-refractivity contribution in [2.45, 2.75) is 31.3 Å². The fraction of sp³-hybridized carbons (Fsp3) is 0.400. The normalized spacial score (nSPS) is 24.2. The molecule has 0 unspecified atom stereocenters. The molecule has 2 aromatic rings. The summed E-state index contributed by atoms with van der Waals surface area (Å²) in [6.45, 7) is 0.842. The van der Waals surface area contributed by atoms with E-state index in [2.05, 4.69) is 28.1 Å². The number of hydrogen-bond donors (Lipinski definition) is 2. The van der Waals surface area contributed by atoms with Gasteiger partial charge in [-0.3, -0.25) is 4.79 Å². The summed E-state index contributed by atoms with van der Waals surface area (Å²) in [5.41, 5.74) is 3.98. The zero-order chi connectivity index (χ0) is 20.7. The highest BCUT2D eigenvalue weighted by molar-refractivity contribution is 5.82. The third kappa shape index (κ3) is 3.42. The molecule has 30 heavy (non-hydrogen) atoms. The molecule has 3 aliphatic rings. The lowest BCUT2D eigenvalue weighted by Gasteiger charge is -2.39. The van der Waals surface area contributed by atoms with E-state index in [1.807, 2.05) is 36.4 Å². The second-order valence-corrected chi connectivity index (χ2v) is 8.42. The maximum Gasteiger partial charge on any atom is 0.226 e. The number of nitrogens with one attached hydrogen (secondary N) is 1. The van der Waals surface area contributed by atoms with Gasteiger partial charge in [-0.05, 0) is 67.3 Å². The minimum atomic E-state index is -0.0178. The molecule has 5 rings (SSSR count). The summed E-state index contributed by atoms with van der Waals surface area (Å²) in [5.74, 6) is 8.00. The van der Waals surface area contributed by atoms with Crippen LogP contribution in [-0.2, 0) is 4.79 Å². The second kappa shape index (κ2) is 7.70. The van der Waals surface area contributed by atoms with Gasteiger partial charge in [-0.25, -0.2) is 0 Å². The molecular weight excluding hydrogens is 376 g/mol. The quantitative estimate of drug-likeness (QED) is 0.774. The highest BCUT2D eigenvalue weighted by atomic mass is 16.5. The number of ether oxygens (including phenoxy) is 1. The summed E-state index contributed by atoms with van der Waals surface area (Å²) in [5, 5.41) is 13.4. The van der Waals surface area contributed by atoms with E-state index in [0.29, 0.717) is 0 Å². The number of benzene rings is 2. The molecule has 1 saturated carbocycles. The van der Waals surface area contributed by atoms with Gasteiger partial charge in [0.1, 0.15) is 5.75 Å². The molecule has 1 aliphatic carbocycles.